The third kappa shape index (κ3) is 2.14. The van der Waals surface area contributed by atoms with Gasteiger partial charge in [-0.25, -0.2) is 4.79 Å². The highest BCUT2D eigenvalue weighted by molar-refractivity contribution is 9.10. The number of rotatable bonds is 3. The highest BCUT2D eigenvalue weighted by Gasteiger charge is 2.39. The molecule has 3 atom stereocenters. The van der Waals surface area contributed by atoms with Crippen molar-refractivity contribution in [1.82, 2.24) is 0 Å². The van der Waals surface area contributed by atoms with Crippen molar-refractivity contribution < 1.29 is 9.90 Å². The number of hydrogen-bond acceptors (Lipinski definition) is 2. The number of benzene rings is 1. The minimum Gasteiger partial charge on any atom is -0.478 e. The van der Waals surface area contributed by atoms with E-state index in [9.17, 15) is 4.79 Å². The molecule has 0 aliphatic heterocycles. The van der Waals surface area contributed by atoms with Gasteiger partial charge >= 0.3 is 5.97 Å². The molecule has 0 spiro atoms. The summed E-state index contributed by atoms with van der Waals surface area (Å²) in [5, 5.41) is 12.5. The van der Waals surface area contributed by atoms with E-state index >= 15 is 0 Å². The van der Waals surface area contributed by atoms with Gasteiger partial charge in [-0.05, 0) is 65.2 Å². The van der Waals surface area contributed by atoms with Crippen molar-refractivity contribution in [1.29, 1.82) is 0 Å². The number of hydrogen-bond donors (Lipinski definition) is 2. The number of aromatic carboxylic acids is 1. The molecule has 1 aromatic carbocycles. The second-order valence-electron chi connectivity index (χ2n) is 5.43. The summed E-state index contributed by atoms with van der Waals surface area (Å²) < 4.78 is 0.838. The summed E-state index contributed by atoms with van der Waals surface area (Å²) in [5.41, 5.74) is 1.33. The van der Waals surface area contributed by atoms with E-state index in [4.69, 9.17) is 5.11 Å². The number of halogens is 1. The van der Waals surface area contributed by atoms with E-state index in [-0.39, 0.29) is 0 Å². The van der Waals surface area contributed by atoms with Crippen molar-refractivity contribution >= 4 is 27.6 Å². The molecule has 0 aromatic heterocycles. The number of carboxylic acids is 1. The van der Waals surface area contributed by atoms with Crippen LogP contribution in [0.3, 0.4) is 0 Å². The second kappa shape index (κ2) is 4.57. The molecular formula is C14H16BrNO2. The monoisotopic (exact) mass is 309 g/mol. The average molecular weight is 310 g/mol. The first-order valence-electron chi connectivity index (χ1n) is 6.43. The third-order valence-electron chi connectivity index (χ3n) is 4.30. The zero-order valence-corrected chi connectivity index (χ0v) is 11.6. The van der Waals surface area contributed by atoms with Crippen LogP contribution in [0.15, 0.2) is 22.7 Å². The van der Waals surface area contributed by atoms with Crippen molar-refractivity contribution in [2.45, 2.75) is 31.7 Å². The number of fused-ring (bicyclic) bond motifs is 2. The lowest BCUT2D eigenvalue weighted by Crippen LogP contribution is -2.26. The molecule has 0 radical (unpaired) electrons. The van der Waals surface area contributed by atoms with Crippen LogP contribution in [0, 0.1) is 11.8 Å². The number of nitrogens with one attached hydrogen (secondary N) is 1. The van der Waals surface area contributed by atoms with Crippen LogP contribution in [0.5, 0.6) is 0 Å². The van der Waals surface area contributed by atoms with Gasteiger partial charge in [-0.3, -0.25) is 0 Å². The Bertz CT molecular complexity index is 489. The molecule has 0 amide bonds. The molecule has 2 N–H and O–H groups in total. The predicted molar refractivity (Wildman–Crippen MR) is 74.0 cm³/mol. The molecule has 0 saturated heterocycles. The molecule has 4 heteroatoms. The van der Waals surface area contributed by atoms with Crippen LogP contribution in [0.1, 0.15) is 36.0 Å². The fourth-order valence-corrected chi connectivity index (χ4v) is 3.88. The smallest absolute Gasteiger partial charge is 0.335 e. The Labute approximate surface area is 115 Å². The van der Waals surface area contributed by atoms with E-state index < -0.39 is 5.97 Å². The summed E-state index contributed by atoms with van der Waals surface area (Å²) in [7, 11) is 0. The molecule has 2 bridgehead atoms. The van der Waals surface area contributed by atoms with Gasteiger partial charge in [0.05, 0.1) is 5.56 Å². The largest absolute Gasteiger partial charge is 0.478 e. The fourth-order valence-electron chi connectivity index (χ4n) is 3.39. The van der Waals surface area contributed by atoms with E-state index in [2.05, 4.69) is 21.2 Å². The molecule has 2 aliphatic carbocycles. The average Bonchev–Trinajstić information content (AvgIpc) is 2.93. The SMILES string of the molecule is O=C(O)c1ccc(NC2CC3CCC2C3)c(Br)c1. The normalized spacial score (nSPS) is 29.5. The van der Waals surface area contributed by atoms with E-state index in [1.807, 2.05) is 6.07 Å². The maximum atomic E-state index is 10.9. The molecule has 3 unspecified atom stereocenters. The van der Waals surface area contributed by atoms with Crippen LogP contribution in [-0.4, -0.2) is 17.1 Å². The van der Waals surface area contributed by atoms with Crippen molar-refractivity contribution in [2.24, 2.45) is 11.8 Å². The van der Waals surface area contributed by atoms with Gasteiger partial charge in [-0.1, -0.05) is 6.42 Å². The molecule has 0 heterocycles. The minimum atomic E-state index is -0.887. The Morgan fingerprint density at radius 3 is 2.72 bits per heavy atom. The maximum absolute atomic E-state index is 10.9. The number of anilines is 1. The van der Waals surface area contributed by atoms with Gasteiger partial charge < -0.3 is 10.4 Å². The Morgan fingerprint density at radius 2 is 2.17 bits per heavy atom. The van der Waals surface area contributed by atoms with Crippen LogP contribution in [0.4, 0.5) is 5.69 Å². The summed E-state index contributed by atoms with van der Waals surface area (Å²) in [6, 6.07) is 5.75. The molecule has 2 fully saturated rings. The van der Waals surface area contributed by atoms with Crippen LogP contribution in [0.2, 0.25) is 0 Å². The van der Waals surface area contributed by atoms with Crippen molar-refractivity contribution in [3.05, 3.63) is 28.2 Å². The molecular weight excluding hydrogens is 294 g/mol. The van der Waals surface area contributed by atoms with E-state index in [0.717, 1.165) is 22.0 Å². The maximum Gasteiger partial charge on any atom is 0.335 e. The van der Waals surface area contributed by atoms with Gasteiger partial charge in [0.2, 0.25) is 0 Å². The lowest BCUT2D eigenvalue weighted by Gasteiger charge is -2.24. The van der Waals surface area contributed by atoms with Crippen molar-refractivity contribution in [2.75, 3.05) is 5.32 Å². The summed E-state index contributed by atoms with van der Waals surface area (Å²) in [5.74, 6) is 0.827. The Hall–Kier alpha value is -1.03. The van der Waals surface area contributed by atoms with Crippen molar-refractivity contribution in [3.8, 4) is 0 Å². The molecule has 3 rings (SSSR count). The molecule has 18 heavy (non-hydrogen) atoms. The summed E-state index contributed by atoms with van der Waals surface area (Å²) >= 11 is 3.45. The Kier molecular flexibility index (Phi) is 3.06. The Morgan fingerprint density at radius 1 is 1.33 bits per heavy atom. The van der Waals surface area contributed by atoms with Crippen LogP contribution in [0.25, 0.3) is 0 Å². The van der Waals surface area contributed by atoms with Gasteiger partial charge in [-0.2, -0.15) is 0 Å². The second-order valence-corrected chi connectivity index (χ2v) is 6.28. The van der Waals surface area contributed by atoms with Gasteiger partial charge in [0.15, 0.2) is 0 Å². The molecule has 3 nitrogen and oxygen atoms in total. The van der Waals surface area contributed by atoms with Gasteiger partial charge in [0, 0.05) is 16.2 Å². The van der Waals surface area contributed by atoms with E-state index in [0.29, 0.717) is 11.6 Å². The van der Waals surface area contributed by atoms with E-state index in [1.54, 1.807) is 12.1 Å². The standard InChI is InChI=1S/C14H16BrNO2/c15-11-7-10(14(17)18)3-4-12(11)16-13-6-8-1-2-9(13)5-8/h3-4,7-9,13,16H,1-2,5-6H2,(H,17,18). The molecule has 96 valence electrons. The van der Waals surface area contributed by atoms with Crippen LogP contribution < -0.4 is 5.32 Å². The van der Waals surface area contributed by atoms with Gasteiger partial charge in [-0.15, -0.1) is 0 Å². The lowest BCUT2D eigenvalue weighted by atomic mass is 9.95. The van der Waals surface area contributed by atoms with Gasteiger partial charge in [0.1, 0.15) is 0 Å². The molecule has 2 saturated carbocycles. The quantitative estimate of drug-likeness (QED) is 0.894. The first-order valence-corrected chi connectivity index (χ1v) is 7.22. The highest BCUT2D eigenvalue weighted by Crippen LogP contribution is 2.46. The van der Waals surface area contributed by atoms with Crippen LogP contribution in [-0.2, 0) is 0 Å². The van der Waals surface area contributed by atoms with Crippen molar-refractivity contribution in [3.63, 3.8) is 0 Å². The lowest BCUT2D eigenvalue weighted by molar-refractivity contribution is 0.0697. The molecule has 2 aliphatic rings. The first-order chi connectivity index (χ1) is 8.63. The van der Waals surface area contributed by atoms with Gasteiger partial charge in [0.25, 0.3) is 0 Å². The minimum absolute atomic E-state index is 0.320. The predicted octanol–water partition coefficient (Wildman–Crippen LogP) is 3.75. The topological polar surface area (TPSA) is 49.3 Å². The first kappa shape index (κ1) is 12.0. The number of carbonyl (C=O) groups is 1. The highest BCUT2D eigenvalue weighted by atomic mass is 79.9. The fraction of sp³-hybridized carbons (Fsp3) is 0.500. The third-order valence-corrected chi connectivity index (χ3v) is 4.95. The zero-order chi connectivity index (χ0) is 12.7. The summed E-state index contributed by atoms with van der Waals surface area (Å²) in [4.78, 5) is 10.9. The summed E-state index contributed by atoms with van der Waals surface area (Å²) in [6.07, 6.45) is 5.36. The van der Waals surface area contributed by atoms with Crippen LogP contribution >= 0.6 is 15.9 Å². The molecule has 1 aromatic rings. The van der Waals surface area contributed by atoms with E-state index in [1.165, 1.54) is 25.7 Å². The zero-order valence-electron chi connectivity index (χ0n) is 10.0. The number of carboxylic acid groups (broad SMARTS) is 1. The Balaban J connectivity index is 1.75. The summed E-state index contributed by atoms with van der Waals surface area (Å²) in [6.45, 7) is 0.